The van der Waals surface area contributed by atoms with Gasteiger partial charge in [-0.15, -0.1) is 0 Å². The molecule has 1 saturated heterocycles. The van der Waals surface area contributed by atoms with Gasteiger partial charge in [0.1, 0.15) is 6.54 Å². The van der Waals surface area contributed by atoms with Gasteiger partial charge in [0.05, 0.1) is 7.05 Å². The Labute approximate surface area is 113 Å². The van der Waals surface area contributed by atoms with Crippen molar-refractivity contribution in [2.45, 2.75) is 19.5 Å². The van der Waals surface area contributed by atoms with Gasteiger partial charge in [-0.1, -0.05) is 30.3 Å². The summed E-state index contributed by atoms with van der Waals surface area (Å²) in [5.74, 6) is -0.108. The molecule has 0 aromatic heterocycles. The van der Waals surface area contributed by atoms with E-state index in [-0.39, 0.29) is 18.0 Å². The Morgan fingerprint density at radius 1 is 1.42 bits per heavy atom. The van der Waals surface area contributed by atoms with Gasteiger partial charge in [-0.2, -0.15) is 0 Å². The summed E-state index contributed by atoms with van der Waals surface area (Å²) in [4.78, 5) is 26.1. The van der Waals surface area contributed by atoms with Crippen molar-refractivity contribution in [3.63, 3.8) is 0 Å². The maximum Gasteiger partial charge on any atom is 0.324 e. The van der Waals surface area contributed by atoms with Crippen LogP contribution in [0.1, 0.15) is 12.5 Å². The Kier molecular flexibility index (Phi) is 4.16. The molecule has 1 aromatic carbocycles. The Balaban J connectivity index is 1.97. The number of hydrogen-bond donors (Lipinski definition) is 2. The van der Waals surface area contributed by atoms with E-state index >= 15 is 0 Å². The number of hydrogen-bond acceptors (Lipinski definition) is 2. The predicted octanol–water partition coefficient (Wildman–Crippen LogP) is -0.358. The Morgan fingerprint density at radius 2 is 2.11 bits per heavy atom. The van der Waals surface area contributed by atoms with Crippen molar-refractivity contribution >= 4 is 11.9 Å². The van der Waals surface area contributed by atoms with Crippen LogP contribution in [0.5, 0.6) is 0 Å². The number of rotatable bonds is 4. The average Bonchev–Trinajstić information content (AvgIpc) is 2.84. The summed E-state index contributed by atoms with van der Waals surface area (Å²) in [6, 6.07) is 9.54. The Hall–Kier alpha value is -1.88. The molecular weight excluding hydrogens is 242 g/mol. The van der Waals surface area contributed by atoms with Gasteiger partial charge in [0.15, 0.2) is 6.04 Å². The van der Waals surface area contributed by atoms with E-state index in [1.54, 1.807) is 0 Å². The number of carbonyl (C=O) groups excluding carboxylic acids is 2. The molecule has 0 bridgehead atoms. The summed E-state index contributed by atoms with van der Waals surface area (Å²) < 4.78 is 0. The van der Waals surface area contributed by atoms with Crippen LogP contribution in [0, 0.1) is 0 Å². The largest absolute Gasteiger partial charge is 0.336 e. The third kappa shape index (κ3) is 3.12. The van der Waals surface area contributed by atoms with Crippen LogP contribution in [0.15, 0.2) is 30.3 Å². The number of imide groups is 1. The highest BCUT2D eigenvalue weighted by molar-refractivity contribution is 5.97. The van der Waals surface area contributed by atoms with Gasteiger partial charge in [-0.3, -0.25) is 9.69 Å². The molecule has 1 aliphatic rings. The third-order valence-corrected chi connectivity index (χ3v) is 3.56. The van der Waals surface area contributed by atoms with Crippen LogP contribution in [0.3, 0.4) is 0 Å². The third-order valence-electron chi connectivity index (χ3n) is 3.56. The molecule has 1 unspecified atom stereocenters. The van der Waals surface area contributed by atoms with Gasteiger partial charge >= 0.3 is 6.03 Å². The summed E-state index contributed by atoms with van der Waals surface area (Å²) in [6.07, 6.45) is 0. The molecule has 0 radical (unpaired) electrons. The number of urea groups is 1. The highest BCUT2D eigenvalue weighted by Crippen LogP contribution is 2.00. The number of nitrogens with one attached hydrogen (secondary N) is 2. The lowest BCUT2D eigenvalue weighted by molar-refractivity contribution is -0.908. The standard InChI is InChI=1S/C14H19N3O2/c1-11(13(18)17-9-8-15-14(17)19)16(2)10-12-6-4-3-5-7-12/h3-7,11H,8-10H2,1-2H3,(H,15,19)/p+1/t11-/m1/s1. The van der Waals surface area contributed by atoms with Gasteiger partial charge in [-0.05, 0) is 6.92 Å². The summed E-state index contributed by atoms with van der Waals surface area (Å²) in [6.45, 7) is 3.66. The first-order valence-corrected chi connectivity index (χ1v) is 6.55. The second kappa shape index (κ2) is 5.84. The zero-order valence-corrected chi connectivity index (χ0v) is 11.3. The first-order chi connectivity index (χ1) is 9.09. The van der Waals surface area contributed by atoms with E-state index < -0.39 is 0 Å². The zero-order chi connectivity index (χ0) is 13.8. The van der Waals surface area contributed by atoms with Gasteiger partial charge in [0.25, 0.3) is 5.91 Å². The second-order valence-corrected chi connectivity index (χ2v) is 4.95. The molecule has 5 heteroatoms. The minimum atomic E-state index is -0.274. The van der Waals surface area contributed by atoms with Crippen molar-refractivity contribution in [1.29, 1.82) is 0 Å². The molecule has 1 aliphatic heterocycles. The average molecular weight is 262 g/mol. The molecule has 2 atom stereocenters. The van der Waals surface area contributed by atoms with E-state index in [0.29, 0.717) is 13.1 Å². The first-order valence-electron chi connectivity index (χ1n) is 6.55. The van der Waals surface area contributed by atoms with E-state index in [4.69, 9.17) is 0 Å². The quantitative estimate of drug-likeness (QED) is 0.779. The van der Waals surface area contributed by atoms with Gasteiger partial charge in [0, 0.05) is 18.7 Å². The highest BCUT2D eigenvalue weighted by atomic mass is 16.2. The van der Waals surface area contributed by atoms with E-state index in [2.05, 4.69) is 5.32 Å². The van der Waals surface area contributed by atoms with Crippen molar-refractivity contribution in [3.8, 4) is 0 Å². The number of likely N-dealkylation sites (N-methyl/N-ethyl adjacent to an activating group) is 1. The minimum Gasteiger partial charge on any atom is -0.336 e. The van der Waals surface area contributed by atoms with Crippen LogP contribution in [0.4, 0.5) is 4.79 Å². The lowest BCUT2D eigenvalue weighted by Gasteiger charge is -2.23. The van der Waals surface area contributed by atoms with Crippen LogP contribution in [0.25, 0.3) is 0 Å². The number of nitrogens with zero attached hydrogens (tertiary/aromatic N) is 1. The smallest absolute Gasteiger partial charge is 0.324 e. The first kappa shape index (κ1) is 13.5. The summed E-state index contributed by atoms with van der Waals surface area (Å²) in [5.41, 5.74) is 1.19. The molecule has 1 fully saturated rings. The van der Waals surface area contributed by atoms with Crippen LogP contribution in [-0.4, -0.2) is 43.0 Å². The Bertz CT molecular complexity index is 461. The van der Waals surface area contributed by atoms with Crippen LogP contribution in [0.2, 0.25) is 0 Å². The predicted molar refractivity (Wildman–Crippen MR) is 71.6 cm³/mol. The number of quaternary nitrogens is 1. The highest BCUT2D eigenvalue weighted by Gasteiger charge is 2.33. The summed E-state index contributed by atoms with van der Waals surface area (Å²) in [7, 11) is 1.98. The molecule has 0 aliphatic carbocycles. The topological polar surface area (TPSA) is 53.9 Å². The second-order valence-electron chi connectivity index (χ2n) is 4.95. The van der Waals surface area contributed by atoms with Crippen LogP contribution in [-0.2, 0) is 11.3 Å². The molecule has 0 saturated carbocycles. The molecule has 2 rings (SSSR count). The lowest BCUT2D eigenvalue weighted by Crippen LogP contribution is -3.12. The fourth-order valence-electron chi connectivity index (χ4n) is 2.20. The molecule has 102 valence electrons. The lowest BCUT2D eigenvalue weighted by atomic mass is 10.2. The van der Waals surface area contributed by atoms with Gasteiger partial charge < -0.3 is 10.2 Å². The molecule has 3 amide bonds. The van der Waals surface area contributed by atoms with E-state index in [9.17, 15) is 9.59 Å². The monoisotopic (exact) mass is 262 g/mol. The normalized spacial score (nSPS) is 18.0. The molecule has 1 heterocycles. The van der Waals surface area contributed by atoms with Crippen molar-refractivity contribution in [2.24, 2.45) is 0 Å². The van der Waals surface area contributed by atoms with E-state index in [1.165, 1.54) is 10.5 Å². The van der Waals surface area contributed by atoms with Gasteiger partial charge in [-0.25, -0.2) is 4.79 Å². The van der Waals surface area contributed by atoms with Crippen molar-refractivity contribution < 1.29 is 14.5 Å². The molecular formula is C14H20N3O2+. The minimum absolute atomic E-state index is 0.108. The molecule has 5 nitrogen and oxygen atoms in total. The van der Waals surface area contributed by atoms with Crippen LogP contribution >= 0.6 is 0 Å². The maximum absolute atomic E-state index is 12.2. The molecule has 19 heavy (non-hydrogen) atoms. The zero-order valence-electron chi connectivity index (χ0n) is 11.3. The number of amides is 3. The van der Waals surface area contributed by atoms with E-state index in [0.717, 1.165) is 11.4 Å². The Morgan fingerprint density at radius 3 is 2.68 bits per heavy atom. The van der Waals surface area contributed by atoms with Crippen molar-refractivity contribution in [3.05, 3.63) is 35.9 Å². The summed E-state index contributed by atoms with van der Waals surface area (Å²) in [5, 5.41) is 2.65. The summed E-state index contributed by atoms with van der Waals surface area (Å²) >= 11 is 0. The molecule has 1 aromatic rings. The fraction of sp³-hybridized carbons (Fsp3) is 0.429. The fourth-order valence-corrected chi connectivity index (χ4v) is 2.20. The van der Waals surface area contributed by atoms with E-state index in [1.807, 2.05) is 44.3 Å². The molecule has 2 N–H and O–H groups in total. The maximum atomic E-state index is 12.2. The SMILES string of the molecule is C[C@H](C(=O)N1CCNC1=O)[NH+](C)Cc1ccccc1. The molecule has 0 spiro atoms. The van der Waals surface area contributed by atoms with Crippen LogP contribution < -0.4 is 10.2 Å². The van der Waals surface area contributed by atoms with Crippen molar-refractivity contribution in [2.75, 3.05) is 20.1 Å². The van der Waals surface area contributed by atoms with Crippen molar-refractivity contribution in [1.82, 2.24) is 10.2 Å². The van der Waals surface area contributed by atoms with Gasteiger partial charge in [0.2, 0.25) is 0 Å². The number of benzene rings is 1. The number of carbonyl (C=O) groups is 2.